The van der Waals surface area contributed by atoms with Gasteiger partial charge in [0.25, 0.3) is 0 Å². The van der Waals surface area contributed by atoms with Crippen LogP contribution in [0.25, 0.3) is 11.0 Å². The number of aromatic nitrogens is 2. The molecule has 1 unspecified atom stereocenters. The van der Waals surface area contributed by atoms with E-state index in [-0.39, 0.29) is 12.0 Å². The van der Waals surface area contributed by atoms with Gasteiger partial charge in [-0.15, -0.1) is 0 Å². The smallest absolute Gasteiger partial charge is 0.328 e. The molecule has 0 bridgehead atoms. The Morgan fingerprint density at radius 1 is 1.47 bits per heavy atom. The van der Waals surface area contributed by atoms with Gasteiger partial charge in [-0.25, -0.2) is 9.78 Å². The number of esters is 1. The number of carbonyl (C=O) groups excluding carboxylic acids is 1. The molecule has 1 aromatic heterocycles. The van der Waals surface area contributed by atoms with Crippen LogP contribution in [0.2, 0.25) is 0 Å². The van der Waals surface area contributed by atoms with Crippen molar-refractivity contribution in [3.63, 3.8) is 0 Å². The number of aryl methyl sites for hydroxylation is 1. The first-order chi connectivity index (χ1) is 9.13. The highest BCUT2D eigenvalue weighted by Gasteiger charge is 2.24. The van der Waals surface area contributed by atoms with Gasteiger partial charge in [0, 0.05) is 6.42 Å². The molecule has 102 valence electrons. The number of fused-ring (bicyclic) bond motifs is 1. The average molecular weight is 261 g/mol. The second-order valence-electron chi connectivity index (χ2n) is 4.41. The fraction of sp³-hybridized carbons (Fsp3) is 0.429. The highest BCUT2D eigenvalue weighted by Crippen LogP contribution is 2.27. The van der Waals surface area contributed by atoms with Crippen LogP contribution in [0.3, 0.4) is 0 Å². The zero-order chi connectivity index (χ0) is 14.0. The standard InChI is InChI=1S/C14H19N3O2/c1-4-10(14(18)19-3)17-11-8-6-7-9(15)13(11)16-12(17)5-2/h6-8,10H,4-5,15H2,1-3H3. The summed E-state index contributed by atoms with van der Waals surface area (Å²) < 4.78 is 6.83. The predicted octanol–water partition coefficient (Wildman–Crippen LogP) is 2.31. The molecular formula is C14H19N3O2. The van der Waals surface area contributed by atoms with Crippen LogP contribution in [0.15, 0.2) is 18.2 Å². The minimum absolute atomic E-state index is 0.251. The van der Waals surface area contributed by atoms with E-state index >= 15 is 0 Å². The van der Waals surface area contributed by atoms with Crippen molar-refractivity contribution < 1.29 is 9.53 Å². The fourth-order valence-corrected chi connectivity index (χ4v) is 2.37. The van der Waals surface area contributed by atoms with Crippen molar-refractivity contribution in [2.45, 2.75) is 32.7 Å². The van der Waals surface area contributed by atoms with Crippen LogP contribution in [0.1, 0.15) is 32.1 Å². The lowest BCUT2D eigenvalue weighted by Crippen LogP contribution is -2.21. The molecule has 5 nitrogen and oxygen atoms in total. The number of nitrogens with zero attached hydrogens (tertiary/aromatic N) is 2. The Hall–Kier alpha value is -2.04. The van der Waals surface area contributed by atoms with Gasteiger partial charge in [0.1, 0.15) is 17.4 Å². The van der Waals surface area contributed by atoms with Crippen molar-refractivity contribution in [2.24, 2.45) is 0 Å². The molecule has 19 heavy (non-hydrogen) atoms. The summed E-state index contributed by atoms with van der Waals surface area (Å²) in [4.78, 5) is 16.5. The Balaban J connectivity index is 2.69. The second kappa shape index (κ2) is 5.30. The van der Waals surface area contributed by atoms with E-state index in [0.717, 1.165) is 23.3 Å². The van der Waals surface area contributed by atoms with E-state index in [4.69, 9.17) is 10.5 Å². The first kappa shape index (κ1) is 13.4. The first-order valence-corrected chi connectivity index (χ1v) is 6.47. The van der Waals surface area contributed by atoms with E-state index in [1.165, 1.54) is 7.11 Å². The van der Waals surface area contributed by atoms with E-state index in [1.54, 1.807) is 0 Å². The molecule has 2 rings (SSSR count). The van der Waals surface area contributed by atoms with Gasteiger partial charge in [-0.05, 0) is 18.6 Å². The van der Waals surface area contributed by atoms with Crippen LogP contribution < -0.4 is 5.73 Å². The summed E-state index contributed by atoms with van der Waals surface area (Å²) in [7, 11) is 1.41. The highest BCUT2D eigenvalue weighted by atomic mass is 16.5. The van der Waals surface area contributed by atoms with Crippen molar-refractivity contribution >= 4 is 22.7 Å². The van der Waals surface area contributed by atoms with Gasteiger partial charge in [0.05, 0.1) is 18.3 Å². The Bertz CT molecular complexity index is 604. The number of benzene rings is 1. The number of rotatable bonds is 4. The number of ether oxygens (including phenoxy) is 1. The summed E-state index contributed by atoms with van der Waals surface area (Å²) in [5.41, 5.74) is 8.22. The van der Waals surface area contributed by atoms with Crippen molar-refractivity contribution in [3.8, 4) is 0 Å². The van der Waals surface area contributed by atoms with Gasteiger partial charge in [-0.3, -0.25) is 0 Å². The number of anilines is 1. The molecule has 2 aromatic rings. The van der Waals surface area contributed by atoms with E-state index < -0.39 is 0 Å². The van der Waals surface area contributed by atoms with Crippen molar-refractivity contribution in [3.05, 3.63) is 24.0 Å². The third-order valence-electron chi connectivity index (χ3n) is 3.31. The number of imidazole rings is 1. The molecule has 0 spiro atoms. The number of para-hydroxylation sites is 1. The van der Waals surface area contributed by atoms with Gasteiger partial charge >= 0.3 is 5.97 Å². The number of hydrogen-bond acceptors (Lipinski definition) is 4. The molecule has 0 aliphatic rings. The van der Waals surface area contributed by atoms with Crippen LogP contribution in [-0.2, 0) is 16.0 Å². The van der Waals surface area contributed by atoms with Crippen molar-refractivity contribution in [1.29, 1.82) is 0 Å². The minimum atomic E-state index is -0.355. The maximum Gasteiger partial charge on any atom is 0.328 e. The quantitative estimate of drug-likeness (QED) is 0.677. The molecular weight excluding hydrogens is 242 g/mol. The molecule has 0 saturated carbocycles. The molecule has 0 radical (unpaired) electrons. The molecule has 1 aromatic carbocycles. The lowest BCUT2D eigenvalue weighted by Gasteiger charge is -2.17. The molecule has 5 heteroatoms. The first-order valence-electron chi connectivity index (χ1n) is 6.47. The monoisotopic (exact) mass is 261 g/mol. The van der Waals surface area contributed by atoms with Crippen LogP contribution >= 0.6 is 0 Å². The molecule has 1 atom stereocenters. The second-order valence-corrected chi connectivity index (χ2v) is 4.41. The van der Waals surface area contributed by atoms with Crippen LogP contribution in [0.4, 0.5) is 5.69 Å². The molecule has 0 fully saturated rings. The zero-order valence-electron chi connectivity index (χ0n) is 11.5. The number of nitrogens with two attached hydrogens (primary N) is 1. The Kier molecular flexibility index (Phi) is 3.74. The fourth-order valence-electron chi connectivity index (χ4n) is 2.37. The summed E-state index contributed by atoms with van der Waals surface area (Å²) >= 11 is 0. The number of methoxy groups -OCH3 is 1. The third kappa shape index (κ3) is 2.16. The van der Waals surface area contributed by atoms with Gasteiger partial charge in [0.15, 0.2) is 0 Å². The Morgan fingerprint density at radius 3 is 2.79 bits per heavy atom. The largest absolute Gasteiger partial charge is 0.467 e. The topological polar surface area (TPSA) is 70.1 Å². The normalized spacial score (nSPS) is 12.6. The summed E-state index contributed by atoms with van der Waals surface area (Å²) in [5.74, 6) is 0.601. The average Bonchev–Trinajstić information content (AvgIpc) is 2.80. The van der Waals surface area contributed by atoms with E-state index in [2.05, 4.69) is 4.98 Å². The maximum absolute atomic E-state index is 11.9. The summed E-state index contributed by atoms with van der Waals surface area (Å²) in [6.45, 7) is 3.97. The van der Waals surface area contributed by atoms with Crippen molar-refractivity contribution in [1.82, 2.24) is 9.55 Å². The molecule has 1 heterocycles. The Labute approximate surface area is 112 Å². The van der Waals surface area contributed by atoms with Gasteiger partial charge < -0.3 is 15.0 Å². The molecule has 0 aliphatic carbocycles. The van der Waals surface area contributed by atoms with E-state index in [9.17, 15) is 4.79 Å². The lowest BCUT2D eigenvalue weighted by atomic mass is 10.2. The molecule has 0 saturated heterocycles. The summed E-state index contributed by atoms with van der Waals surface area (Å²) in [6.07, 6.45) is 1.39. The van der Waals surface area contributed by atoms with Gasteiger partial charge in [0.2, 0.25) is 0 Å². The minimum Gasteiger partial charge on any atom is -0.467 e. The highest BCUT2D eigenvalue weighted by molar-refractivity contribution is 5.89. The van der Waals surface area contributed by atoms with Gasteiger partial charge in [-0.2, -0.15) is 0 Å². The maximum atomic E-state index is 11.9. The lowest BCUT2D eigenvalue weighted by molar-refractivity contribution is -0.144. The van der Waals surface area contributed by atoms with Crippen LogP contribution in [0, 0.1) is 0 Å². The van der Waals surface area contributed by atoms with Gasteiger partial charge in [-0.1, -0.05) is 19.9 Å². The predicted molar refractivity (Wildman–Crippen MR) is 74.9 cm³/mol. The number of carbonyl (C=O) groups is 1. The SMILES string of the molecule is CCc1nc2c(N)cccc2n1C(CC)C(=O)OC. The number of nitrogen functional groups attached to an aromatic ring is 1. The van der Waals surface area contributed by atoms with Crippen molar-refractivity contribution in [2.75, 3.05) is 12.8 Å². The Morgan fingerprint density at radius 2 is 2.21 bits per heavy atom. The van der Waals surface area contributed by atoms with E-state index in [0.29, 0.717) is 12.1 Å². The molecule has 2 N–H and O–H groups in total. The van der Waals surface area contributed by atoms with E-state index in [1.807, 2.05) is 36.6 Å². The van der Waals surface area contributed by atoms with Crippen LogP contribution in [0.5, 0.6) is 0 Å². The summed E-state index contributed by atoms with van der Waals surface area (Å²) in [5, 5.41) is 0. The molecule has 0 amide bonds. The third-order valence-corrected chi connectivity index (χ3v) is 3.31. The van der Waals surface area contributed by atoms with Crippen LogP contribution in [-0.4, -0.2) is 22.6 Å². The molecule has 0 aliphatic heterocycles. The number of hydrogen-bond donors (Lipinski definition) is 1. The zero-order valence-corrected chi connectivity index (χ0v) is 11.5. The summed E-state index contributed by atoms with van der Waals surface area (Å²) in [6, 6.07) is 5.27.